The number of aryl methyl sites for hydroxylation is 1. The monoisotopic (exact) mass is 471 g/mol. The second kappa shape index (κ2) is 9.17. The highest BCUT2D eigenvalue weighted by atomic mass is 16.5. The molecule has 1 N–H and O–H groups in total. The molecule has 9 heteroatoms. The molecule has 0 fully saturated rings. The normalized spacial score (nSPS) is 12.9. The van der Waals surface area contributed by atoms with Crippen LogP contribution < -0.4 is 5.32 Å². The van der Waals surface area contributed by atoms with Gasteiger partial charge in [0.25, 0.3) is 5.91 Å². The van der Waals surface area contributed by atoms with Crippen LogP contribution in [0.15, 0.2) is 53.2 Å². The van der Waals surface area contributed by atoms with E-state index in [4.69, 9.17) is 9.26 Å². The average Bonchev–Trinajstić information content (AvgIpc) is 3.41. The molecule has 5 rings (SSSR count). The van der Waals surface area contributed by atoms with Crippen molar-refractivity contribution in [2.45, 2.75) is 33.4 Å². The van der Waals surface area contributed by atoms with Gasteiger partial charge in [-0.25, -0.2) is 9.78 Å². The summed E-state index contributed by atoms with van der Waals surface area (Å²) in [5.74, 6) is 1.23. The summed E-state index contributed by atoms with van der Waals surface area (Å²) in [4.78, 5) is 35.7. The van der Waals surface area contributed by atoms with E-state index in [0.717, 1.165) is 21.9 Å². The fourth-order valence-corrected chi connectivity index (χ4v) is 4.12. The van der Waals surface area contributed by atoms with Crippen LogP contribution in [0.2, 0.25) is 0 Å². The molecule has 1 amide bonds. The number of pyridine rings is 1. The molecule has 0 radical (unpaired) electrons. The molecule has 0 aliphatic carbocycles. The lowest BCUT2D eigenvalue weighted by Crippen LogP contribution is -2.29. The van der Waals surface area contributed by atoms with Gasteiger partial charge in [-0.3, -0.25) is 4.79 Å². The number of benzene rings is 2. The number of hydrogen-bond acceptors (Lipinski definition) is 8. The zero-order valence-electron chi connectivity index (χ0n) is 19.7. The van der Waals surface area contributed by atoms with Crippen LogP contribution in [-0.4, -0.2) is 51.1 Å². The molecule has 178 valence electrons. The Balaban J connectivity index is 1.28. The van der Waals surface area contributed by atoms with Gasteiger partial charge in [-0.1, -0.05) is 23.4 Å². The molecule has 1 aliphatic rings. The molecule has 9 nitrogen and oxygen atoms in total. The van der Waals surface area contributed by atoms with E-state index in [1.807, 2.05) is 30.3 Å². The Morgan fingerprint density at radius 2 is 2.06 bits per heavy atom. The number of amides is 1. The summed E-state index contributed by atoms with van der Waals surface area (Å²) >= 11 is 0. The molecule has 0 saturated carbocycles. The fraction of sp³-hybridized carbons (Fsp3) is 0.269. The smallest absolute Gasteiger partial charge is 0.338 e. The summed E-state index contributed by atoms with van der Waals surface area (Å²) in [6.45, 7) is 6.84. The number of carbonyl (C=O) groups is 2. The second-order valence-corrected chi connectivity index (χ2v) is 8.71. The molecule has 35 heavy (non-hydrogen) atoms. The minimum Gasteiger partial charge on any atom is -0.459 e. The molecule has 0 spiro atoms. The predicted molar refractivity (Wildman–Crippen MR) is 130 cm³/mol. The largest absolute Gasteiger partial charge is 0.459 e. The third kappa shape index (κ3) is 4.57. The van der Waals surface area contributed by atoms with Gasteiger partial charge in [0, 0.05) is 49.3 Å². The van der Waals surface area contributed by atoms with Crippen molar-refractivity contribution in [2.75, 3.05) is 18.4 Å². The zero-order valence-corrected chi connectivity index (χ0v) is 19.7. The summed E-state index contributed by atoms with van der Waals surface area (Å²) in [6, 6.07) is 13.0. The number of carbonyl (C=O) groups excluding carboxylic acids is 2. The third-order valence-corrected chi connectivity index (χ3v) is 5.79. The highest BCUT2D eigenvalue weighted by Crippen LogP contribution is 2.27. The molecule has 4 aromatic rings. The van der Waals surface area contributed by atoms with Crippen molar-refractivity contribution >= 4 is 28.5 Å². The van der Waals surface area contributed by atoms with Crippen molar-refractivity contribution in [3.05, 3.63) is 71.2 Å². The minimum absolute atomic E-state index is 0.0957. The first-order chi connectivity index (χ1) is 16.9. The van der Waals surface area contributed by atoms with Crippen molar-refractivity contribution in [2.24, 2.45) is 0 Å². The lowest BCUT2D eigenvalue weighted by Gasteiger charge is -2.17. The van der Waals surface area contributed by atoms with E-state index < -0.39 is 5.97 Å². The Hall–Kier alpha value is -4.27. The third-order valence-electron chi connectivity index (χ3n) is 5.79. The molecule has 0 atom stereocenters. The van der Waals surface area contributed by atoms with Gasteiger partial charge >= 0.3 is 5.97 Å². The molecule has 0 saturated heterocycles. The van der Waals surface area contributed by atoms with Crippen LogP contribution in [0.25, 0.3) is 22.2 Å². The van der Waals surface area contributed by atoms with E-state index in [9.17, 15) is 9.59 Å². The maximum Gasteiger partial charge on any atom is 0.338 e. The molecule has 2 aromatic heterocycles. The Morgan fingerprint density at radius 3 is 2.83 bits per heavy atom. The van der Waals surface area contributed by atoms with Gasteiger partial charge in [0.15, 0.2) is 0 Å². The standard InChI is InChI=1S/C26H25N5O4/c1-15(2)34-26(33)19-6-7-20-14-31(25(32)22(20)13-19)11-10-28-24-21-12-18(23-29-16(3)35-30-23)5-4-17(21)8-9-27-24/h4-9,12-13,15H,10-11,14H2,1-3H3,(H,27,28). The van der Waals surface area contributed by atoms with Crippen molar-refractivity contribution in [3.8, 4) is 11.4 Å². The van der Waals surface area contributed by atoms with E-state index in [1.165, 1.54) is 0 Å². The first kappa shape index (κ1) is 22.5. The highest BCUT2D eigenvalue weighted by molar-refractivity contribution is 6.01. The number of nitrogens with one attached hydrogen (secondary N) is 1. The van der Waals surface area contributed by atoms with E-state index in [1.54, 1.807) is 44.0 Å². The summed E-state index contributed by atoms with van der Waals surface area (Å²) in [5, 5.41) is 9.30. The first-order valence-corrected chi connectivity index (χ1v) is 11.5. The lowest BCUT2D eigenvalue weighted by atomic mass is 10.1. The number of anilines is 1. The van der Waals surface area contributed by atoms with E-state index in [-0.39, 0.29) is 12.0 Å². The van der Waals surface area contributed by atoms with Crippen LogP contribution in [0.3, 0.4) is 0 Å². The average molecular weight is 472 g/mol. The topological polar surface area (TPSA) is 110 Å². The summed E-state index contributed by atoms with van der Waals surface area (Å²) in [6.07, 6.45) is 1.53. The Kier molecular flexibility index (Phi) is 5.90. The van der Waals surface area contributed by atoms with Gasteiger partial charge in [0.05, 0.1) is 11.7 Å². The van der Waals surface area contributed by atoms with Gasteiger partial charge in [-0.05, 0) is 49.1 Å². The fourth-order valence-electron chi connectivity index (χ4n) is 4.12. The minimum atomic E-state index is -0.423. The van der Waals surface area contributed by atoms with Gasteiger partial charge < -0.3 is 19.5 Å². The molecule has 2 aromatic carbocycles. The predicted octanol–water partition coefficient (Wildman–Crippen LogP) is 4.23. The SMILES string of the molecule is Cc1nc(-c2ccc3ccnc(NCCN4Cc5ccc(C(=O)OC(C)C)cc5C4=O)c3c2)no1. The van der Waals surface area contributed by atoms with Crippen molar-refractivity contribution < 1.29 is 18.8 Å². The van der Waals surface area contributed by atoms with Gasteiger partial charge in [0.1, 0.15) is 5.82 Å². The van der Waals surface area contributed by atoms with E-state index >= 15 is 0 Å². The van der Waals surface area contributed by atoms with Crippen LogP contribution >= 0.6 is 0 Å². The number of esters is 1. The molecule has 1 aliphatic heterocycles. The second-order valence-electron chi connectivity index (χ2n) is 8.71. The van der Waals surface area contributed by atoms with Crippen LogP contribution in [-0.2, 0) is 11.3 Å². The van der Waals surface area contributed by atoms with Crippen molar-refractivity contribution in [3.63, 3.8) is 0 Å². The molecule has 3 heterocycles. The van der Waals surface area contributed by atoms with E-state index in [0.29, 0.717) is 48.3 Å². The highest BCUT2D eigenvalue weighted by Gasteiger charge is 2.28. The van der Waals surface area contributed by atoms with Gasteiger partial charge in [-0.15, -0.1) is 0 Å². The van der Waals surface area contributed by atoms with E-state index in [2.05, 4.69) is 20.4 Å². The van der Waals surface area contributed by atoms with Gasteiger partial charge in [0.2, 0.25) is 11.7 Å². The van der Waals surface area contributed by atoms with Crippen LogP contribution in [0, 0.1) is 6.92 Å². The summed E-state index contributed by atoms with van der Waals surface area (Å²) in [5.41, 5.74) is 2.67. The maximum atomic E-state index is 13.0. The number of ether oxygens (including phenoxy) is 1. The summed E-state index contributed by atoms with van der Waals surface area (Å²) < 4.78 is 10.4. The lowest BCUT2D eigenvalue weighted by molar-refractivity contribution is 0.0378. The van der Waals surface area contributed by atoms with Crippen LogP contribution in [0.4, 0.5) is 5.82 Å². The number of rotatable bonds is 7. The Bertz CT molecular complexity index is 1430. The van der Waals surface area contributed by atoms with Crippen LogP contribution in [0.5, 0.6) is 0 Å². The number of hydrogen-bond donors (Lipinski definition) is 1. The molecule has 0 bridgehead atoms. The quantitative estimate of drug-likeness (QED) is 0.399. The maximum absolute atomic E-state index is 13.0. The zero-order chi connectivity index (χ0) is 24.5. The molecular formula is C26H25N5O4. The van der Waals surface area contributed by atoms with Crippen LogP contribution in [0.1, 0.15) is 46.0 Å². The number of fused-ring (bicyclic) bond motifs is 2. The number of nitrogens with zero attached hydrogens (tertiary/aromatic N) is 4. The van der Waals surface area contributed by atoms with Crippen molar-refractivity contribution in [1.82, 2.24) is 20.0 Å². The molecule has 0 unspecified atom stereocenters. The Labute approximate surface area is 202 Å². The Morgan fingerprint density at radius 1 is 1.20 bits per heavy atom. The molecular weight excluding hydrogens is 446 g/mol. The van der Waals surface area contributed by atoms with Crippen molar-refractivity contribution in [1.29, 1.82) is 0 Å². The summed E-state index contributed by atoms with van der Waals surface area (Å²) in [7, 11) is 0. The first-order valence-electron chi connectivity index (χ1n) is 11.5. The number of aromatic nitrogens is 3. The van der Waals surface area contributed by atoms with Gasteiger partial charge in [-0.2, -0.15) is 4.98 Å².